The van der Waals surface area contributed by atoms with Crippen molar-refractivity contribution in [2.45, 2.75) is 19.7 Å². The monoisotopic (exact) mass is 364 g/mol. The average molecular weight is 364 g/mol. The number of aromatic nitrogens is 1. The van der Waals surface area contributed by atoms with E-state index in [4.69, 9.17) is 5.73 Å². The van der Waals surface area contributed by atoms with Crippen molar-refractivity contribution >= 4 is 16.6 Å². The molecule has 0 unspecified atom stereocenters. The van der Waals surface area contributed by atoms with Crippen molar-refractivity contribution in [3.8, 4) is 5.75 Å². The first kappa shape index (κ1) is 17.7. The zero-order valence-corrected chi connectivity index (χ0v) is 13.7. The topological polar surface area (TPSA) is 77.5 Å². The number of benzene rings is 2. The van der Waals surface area contributed by atoms with Crippen molar-refractivity contribution in [2.75, 3.05) is 5.73 Å². The molecule has 1 heterocycles. The van der Waals surface area contributed by atoms with E-state index in [2.05, 4.69) is 4.74 Å². The summed E-state index contributed by atoms with van der Waals surface area (Å²) in [5.74, 6) is -0.344. The molecular formula is C18H15F3N2O3. The summed E-state index contributed by atoms with van der Waals surface area (Å²) in [5, 5.41) is 10.6. The number of alkyl halides is 3. The fourth-order valence-electron chi connectivity index (χ4n) is 2.78. The summed E-state index contributed by atoms with van der Waals surface area (Å²) in [7, 11) is 0. The van der Waals surface area contributed by atoms with Gasteiger partial charge in [0.15, 0.2) is 5.43 Å². The number of hydrogen-bond acceptors (Lipinski definition) is 4. The van der Waals surface area contributed by atoms with E-state index in [9.17, 15) is 23.2 Å². The minimum Gasteiger partial charge on any atom is -0.428 e. The minimum atomic E-state index is -4.76. The Morgan fingerprint density at radius 2 is 1.81 bits per heavy atom. The van der Waals surface area contributed by atoms with Crippen molar-refractivity contribution < 1.29 is 23.1 Å². The highest BCUT2D eigenvalue weighted by atomic mass is 19.4. The SMILES string of the molecule is Cc1c(Cc2ccc(OC(F)(F)F)cc2)c(=O)c2cc(N)ccc2n1O. The molecule has 0 spiro atoms. The first-order valence-corrected chi connectivity index (χ1v) is 7.63. The quantitative estimate of drug-likeness (QED) is 0.550. The molecule has 0 aliphatic heterocycles. The zero-order chi connectivity index (χ0) is 19.1. The van der Waals surface area contributed by atoms with Crippen LogP contribution in [0.4, 0.5) is 18.9 Å². The van der Waals surface area contributed by atoms with Crippen molar-refractivity contribution in [3.05, 3.63) is 69.5 Å². The van der Waals surface area contributed by atoms with Gasteiger partial charge in [0.05, 0.1) is 16.6 Å². The van der Waals surface area contributed by atoms with Crippen LogP contribution in [0.15, 0.2) is 47.3 Å². The lowest BCUT2D eigenvalue weighted by Gasteiger charge is -2.13. The molecule has 136 valence electrons. The van der Waals surface area contributed by atoms with Crippen LogP contribution in [0.2, 0.25) is 0 Å². The minimum absolute atomic E-state index is 0.141. The van der Waals surface area contributed by atoms with Crippen molar-refractivity contribution in [2.24, 2.45) is 0 Å². The number of halogens is 3. The molecule has 0 radical (unpaired) electrons. The van der Waals surface area contributed by atoms with E-state index in [-0.39, 0.29) is 23.0 Å². The molecule has 0 bridgehead atoms. The third-order valence-corrected chi connectivity index (χ3v) is 4.06. The Hall–Kier alpha value is -3.16. The van der Waals surface area contributed by atoms with Crippen LogP contribution in [0.25, 0.3) is 10.9 Å². The van der Waals surface area contributed by atoms with Gasteiger partial charge in [0.25, 0.3) is 0 Å². The number of anilines is 1. The van der Waals surface area contributed by atoms with Crippen LogP contribution in [0, 0.1) is 6.92 Å². The molecule has 1 aromatic heterocycles. The van der Waals surface area contributed by atoms with Gasteiger partial charge < -0.3 is 15.7 Å². The number of nitrogen functional groups attached to an aromatic ring is 1. The van der Waals surface area contributed by atoms with E-state index in [1.807, 2.05) is 0 Å². The molecule has 0 atom stereocenters. The van der Waals surface area contributed by atoms with Gasteiger partial charge in [-0.3, -0.25) is 4.79 Å². The van der Waals surface area contributed by atoms with Crippen LogP contribution in [-0.4, -0.2) is 16.3 Å². The molecule has 0 fully saturated rings. The van der Waals surface area contributed by atoms with Crippen LogP contribution < -0.4 is 15.9 Å². The Bertz CT molecular complexity index is 1030. The molecule has 26 heavy (non-hydrogen) atoms. The molecule has 0 aliphatic rings. The second kappa shape index (κ2) is 6.29. The van der Waals surface area contributed by atoms with Crippen LogP contribution in [0.5, 0.6) is 5.75 Å². The highest BCUT2D eigenvalue weighted by Crippen LogP contribution is 2.24. The molecule has 0 aliphatic carbocycles. The Morgan fingerprint density at radius 1 is 1.15 bits per heavy atom. The highest BCUT2D eigenvalue weighted by molar-refractivity contribution is 5.83. The molecule has 0 saturated carbocycles. The van der Waals surface area contributed by atoms with E-state index >= 15 is 0 Å². The number of ether oxygens (including phenoxy) is 1. The molecule has 0 amide bonds. The molecule has 3 rings (SSSR count). The molecule has 2 aromatic carbocycles. The molecule has 8 heteroatoms. The van der Waals surface area contributed by atoms with Gasteiger partial charge >= 0.3 is 6.36 Å². The summed E-state index contributed by atoms with van der Waals surface area (Å²) in [6, 6.07) is 9.83. The number of nitrogens with two attached hydrogens (primary N) is 1. The predicted octanol–water partition coefficient (Wildman–Crippen LogP) is 3.62. The van der Waals surface area contributed by atoms with Gasteiger partial charge in [0.1, 0.15) is 5.75 Å². The molecular weight excluding hydrogens is 349 g/mol. The average Bonchev–Trinajstić information content (AvgIpc) is 2.57. The summed E-state index contributed by atoms with van der Waals surface area (Å²) in [6.45, 7) is 1.59. The van der Waals surface area contributed by atoms with Gasteiger partial charge in [-0.2, -0.15) is 4.73 Å². The van der Waals surface area contributed by atoms with Gasteiger partial charge in [-0.05, 0) is 42.8 Å². The maximum Gasteiger partial charge on any atom is 0.573 e. The molecule has 3 N–H and O–H groups in total. The first-order valence-electron chi connectivity index (χ1n) is 7.63. The van der Waals surface area contributed by atoms with E-state index in [1.165, 1.54) is 30.3 Å². The largest absolute Gasteiger partial charge is 0.573 e. The highest BCUT2D eigenvalue weighted by Gasteiger charge is 2.31. The summed E-state index contributed by atoms with van der Waals surface area (Å²) >= 11 is 0. The Kier molecular flexibility index (Phi) is 4.27. The number of pyridine rings is 1. The molecule has 3 aromatic rings. The normalized spacial score (nSPS) is 11.7. The third kappa shape index (κ3) is 3.44. The van der Waals surface area contributed by atoms with E-state index in [0.717, 1.165) is 4.73 Å². The second-order valence-corrected chi connectivity index (χ2v) is 5.85. The lowest BCUT2D eigenvalue weighted by molar-refractivity contribution is -0.274. The van der Waals surface area contributed by atoms with E-state index < -0.39 is 6.36 Å². The Labute approximate surface area is 146 Å². The van der Waals surface area contributed by atoms with Crippen LogP contribution in [0.1, 0.15) is 16.8 Å². The number of hydrogen-bond donors (Lipinski definition) is 2. The van der Waals surface area contributed by atoms with E-state index in [0.29, 0.717) is 28.0 Å². The standard InChI is InChI=1S/C18H15F3N2O3/c1-10-14(8-11-2-5-13(6-3-11)26-18(19,20)21)17(24)15-9-12(22)4-7-16(15)23(10)25/h2-7,9,25H,8,22H2,1H3. The fraction of sp³-hybridized carbons (Fsp3) is 0.167. The summed E-state index contributed by atoms with van der Waals surface area (Å²) in [4.78, 5) is 12.8. The summed E-state index contributed by atoms with van der Waals surface area (Å²) < 4.78 is 41.4. The Balaban J connectivity index is 2.00. The van der Waals surface area contributed by atoms with Crippen LogP contribution in [0.3, 0.4) is 0 Å². The Morgan fingerprint density at radius 3 is 2.42 bits per heavy atom. The van der Waals surface area contributed by atoms with Crippen LogP contribution >= 0.6 is 0 Å². The second-order valence-electron chi connectivity index (χ2n) is 5.85. The number of nitrogens with zero attached hydrogens (tertiary/aromatic N) is 1. The van der Waals surface area contributed by atoms with Gasteiger partial charge in [-0.1, -0.05) is 12.1 Å². The van der Waals surface area contributed by atoms with Crippen molar-refractivity contribution in [3.63, 3.8) is 0 Å². The zero-order valence-electron chi connectivity index (χ0n) is 13.7. The van der Waals surface area contributed by atoms with Gasteiger partial charge in [0.2, 0.25) is 0 Å². The molecule has 0 saturated heterocycles. The smallest absolute Gasteiger partial charge is 0.428 e. The third-order valence-electron chi connectivity index (χ3n) is 4.06. The predicted molar refractivity (Wildman–Crippen MR) is 90.5 cm³/mol. The maximum atomic E-state index is 12.8. The maximum absolute atomic E-state index is 12.8. The lowest BCUT2D eigenvalue weighted by atomic mass is 10.0. The molecule has 5 nitrogen and oxygen atoms in total. The lowest BCUT2D eigenvalue weighted by Crippen LogP contribution is -2.18. The van der Waals surface area contributed by atoms with Gasteiger partial charge in [-0.25, -0.2) is 0 Å². The first-order chi connectivity index (χ1) is 12.2. The van der Waals surface area contributed by atoms with Gasteiger partial charge in [0, 0.05) is 17.7 Å². The van der Waals surface area contributed by atoms with Crippen LogP contribution in [-0.2, 0) is 6.42 Å². The summed E-state index contributed by atoms with van der Waals surface area (Å²) in [6.07, 6.45) is -4.62. The van der Waals surface area contributed by atoms with E-state index in [1.54, 1.807) is 19.1 Å². The number of rotatable bonds is 3. The fourth-order valence-corrected chi connectivity index (χ4v) is 2.78. The summed E-state index contributed by atoms with van der Waals surface area (Å²) in [5.41, 5.74) is 7.43. The number of fused-ring (bicyclic) bond motifs is 1. The van der Waals surface area contributed by atoms with Crippen molar-refractivity contribution in [1.82, 2.24) is 4.73 Å². The van der Waals surface area contributed by atoms with Crippen molar-refractivity contribution in [1.29, 1.82) is 0 Å². The van der Waals surface area contributed by atoms with Gasteiger partial charge in [-0.15, -0.1) is 13.2 Å².